The van der Waals surface area contributed by atoms with Crippen molar-refractivity contribution >= 4 is 5.97 Å². The fourth-order valence-corrected chi connectivity index (χ4v) is 6.06. The SMILES string of the molecule is CCCCCCCCCCOCCO[C@@H]1[C@@H](OCCOCCCCCCCCCC)CO[C@@H]1COC(=O)C1CCN(C)CC1. The van der Waals surface area contributed by atoms with Gasteiger partial charge in [0, 0.05) is 13.2 Å². The molecule has 44 heavy (non-hydrogen) atoms. The van der Waals surface area contributed by atoms with E-state index in [1.807, 2.05) is 0 Å². The van der Waals surface area contributed by atoms with Gasteiger partial charge in [-0.2, -0.15) is 0 Å². The lowest BCUT2D eigenvalue weighted by Gasteiger charge is -2.28. The molecule has 0 aromatic carbocycles. The summed E-state index contributed by atoms with van der Waals surface area (Å²) >= 11 is 0. The third kappa shape index (κ3) is 19.0. The van der Waals surface area contributed by atoms with E-state index in [1.54, 1.807) is 0 Å². The molecule has 0 aliphatic carbocycles. The number of ether oxygens (including phenoxy) is 6. The van der Waals surface area contributed by atoms with Crippen molar-refractivity contribution < 1.29 is 33.2 Å². The number of unbranched alkanes of at least 4 members (excludes halogenated alkanes) is 14. The van der Waals surface area contributed by atoms with Gasteiger partial charge in [-0.1, -0.05) is 104 Å². The topological polar surface area (TPSA) is 75.7 Å². The number of piperidine rings is 1. The van der Waals surface area contributed by atoms with Crippen LogP contribution in [-0.2, 0) is 33.2 Å². The molecular weight excluding hydrogens is 558 g/mol. The van der Waals surface area contributed by atoms with Crippen molar-refractivity contribution in [3.05, 3.63) is 0 Å². The van der Waals surface area contributed by atoms with Gasteiger partial charge in [0.25, 0.3) is 0 Å². The zero-order valence-corrected chi connectivity index (χ0v) is 28.9. The molecule has 2 saturated heterocycles. The molecule has 2 aliphatic heterocycles. The van der Waals surface area contributed by atoms with Gasteiger partial charge in [-0.25, -0.2) is 0 Å². The van der Waals surface area contributed by atoms with Gasteiger partial charge in [-0.05, 0) is 45.8 Å². The summed E-state index contributed by atoms with van der Waals surface area (Å²) in [6.07, 6.45) is 21.6. The van der Waals surface area contributed by atoms with Gasteiger partial charge in [-0.15, -0.1) is 0 Å². The molecule has 0 aromatic heterocycles. The van der Waals surface area contributed by atoms with Crippen LogP contribution in [0.5, 0.6) is 0 Å². The van der Waals surface area contributed by atoms with E-state index in [-0.39, 0.29) is 36.8 Å². The maximum Gasteiger partial charge on any atom is 0.309 e. The van der Waals surface area contributed by atoms with Gasteiger partial charge in [0.05, 0.1) is 39.0 Å². The largest absolute Gasteiger partial charge is 0.463 e. The summed E-state index contributed by atoms with van der Waals surface area (Å²) in [5, 5.41) is 0. The molecule has 2 rings (SSSR count). The Bertz CT molecular complexity index is 658. The molecule has 8 heteroatoms. The first kappa shape index (κ1) is 39.4. The van der Waals surface area contributed by atoms with Gasteiger partial charge in [0.1, 0.15) is 24.9 Å². The summed E-state index contributed by atoms with van der Waals surface area (Å²) < 4.78 is 35.9. The summed E-state index contributed by atoms with van der Waals surface area (Å²) in [5.41, 5.74) is 0. The molecule has 2 fully saturated rings. The van der Waals surface area contributed by atoms with Crippen molar-refractivity contribution in [3.63, 3.8) is 0 Å². The third-order valence-corrected chi connectivity index (χ3v) is 9.03. The highest BCUT2D eigenvalue weighted by atomic mass is 16.6. The minimum atomic E-state index is -0.332. The van der Waals surface area contributed by atoms with Crippen molar-refractivity contribution in [2.75, 3.05) is 73.0 Å². The molecule has 8 nitrogen and oxygen atoms in total. The second-order valence-electron chi connectivity index (χ2n) is 13.0. The number of likely N-dealkylation sites (tertiary alicyclic amines) is 1. The van der Waals surface area contributed by atoms with Crippen LogP contribution in [0.1, 0.15) is 129 Å². The molecule has 0 radical (unpaired) electrons. The normalized spacial score (nSPS) is 21.3. The van der Waals surface area contributed by atoms with Gasteiger partial charge < -0.3 is 33.3 Å². The predicted molar refractivity (Wildman–Crippen MR) is 177 cm³/mol. The average Bonchev–Trinajstić information content (AvgIpc) is 3.42. The first-order valence-corrected chi connectivity index (χ1v) is 18.5. The van der Waals surface area contributed by atoms with Crippen LogP contribution in [0.15, 0.2) is 0 Å². The molecule has 0 amide bonds. The number of hydrogen-bond donors (Lipinski definition) is 0. The molecule has 0 aromatic rings. The van der Waals surface area contributed by atoms with Crippen LogP contribution >= 0.6 is 0 Å². The average molecular weight is 628 g/mol. The van der Waals surface area contributed by atoms with Crippen molar-refractivity contribution in [3.8, 4) is 0 Å². The molecule has 0 N–H and O–H groups in total. The van der Waals surface area contributed by atoms with Crippen LogP contribution in [0.25, 0.3) is 0 Å². The minimum Gasteiger partial charge on any atom is -0.463 e. The molecule has 2 aliphatic rings. The quantitative estimate of drug-likeness (QED) is 0.0629. The van der Waals surface area contributed by atoms with Crippen LogP contribution in [0.4, 0.5) is 0 Å². The van der Waals surface area contributed by atoms with Crippen molar-refractivity contribution in [2.24, 2.45) is 5.92 Å². The van der Waals surface area contributed by atoms with Crippen LogP contribution < -0.4 is 0 Å². The highest BCUT2D eigenvalue weighted by molar-refractivity contribution is 5.72. The molecule has 0 bridgehead atoms. The second-order valence-corrected chi connectivity index (χ2v) is 13.0. The van der Waals surface area contributed by atoms with Gasteiger partial charge >= 0.3 is 5.97 Å². The van der Waals surface area contributed by atoms with E-state index < -0.39 is 0 Å². The third-order valence-electron chi connectivity index (χ3n) is 9.03. The first-order valence-electron chi connectivity index (χ1n) is 18.5. The fraction of sp³-hybridized carbons (Fsp3) is 0.972. The molecule has 0 saturated carbocycles. The Morgan fingerprint density at radius 2 is 1.16 bits per heavy atom. The number of esters is 1. The Morgan fingerprint density at radius 3 is 1.70 bits per heavy atom. The summed E-state index contributed by atoms with van der Waals surface area (Å²) in [7, 11) is 2.09. The zero-order valence-electron chi connectivity index (χ0n) is 28.9. The van der Waals surface area contributed by atoms with E-state index in [0.29, 0.717) is 33.0 Å². The van der Waals surface area contributed by atoms with E-state index >= 15 is 0 Å². The number of carbonyl (C=O) groups excluding carboxylic acids is 1. The summed E-state index contributed by atoms with van der Waals surface area (Å²) in [6, 6.07) is 0. The predicted octanol–water partition coefficient (Wildman–Crippen LogP) is 7.36. The lowest BCUT2D eigenvalue weighted by Crippen LogP contribution is -2.40. The highest BCUT2D eigenvalue weighted by Gasteiger charge is 2.40. The summed E-state index contributed by atoms with van der Waals surface area (Å²) in [4.78, 5) is 15.0. The minimum absolute atomic E-state index is 0.0260. The smallest absolute Gasteiger partial charge is 0.309 e. The molecule has 0 spiro atoms. The Hall–Kier alpha value is -0.770. The second kappa shape index (κ2) is 27.4. The van der Waals surface area contributed by atoms with Crippen LogP contribution in [0.3, 0.4) is 0 Å². The van der Waals surface area contributed by atoms with E-state index in [1.165, 1.54) is 89.9 Å². The Kier molecular flexibility index (Phi) is 24.5. The van der Waals surface area contributed by atoms with E-state index in [0.717, 1.165) is 52.0 Å². The van der Waals surface area contributed by atoms with Crippen molar-refractivity contribution in [2.45, 2.75) is 148 Å². The summed E-state index contributed by atoms with van der Waals surface area (Å²) in [6.45, 7) is 10.6. The standard InChI is InChI=1S/C36H69NO7/c1-4-6-8-10-12-14-16-18-24-39-26-28-41-33-30-43-34(31-44-36(38)32-20-22-37(3)23-21-32)35(33)42-29-27-40-25-19-17-15-13-11-9-7-5-2/h32-35H,4-31H2,1-3H3/t33-,34+,35+/m0/s1. The number of rotatable bonds is 29. The lowest BCUT2D eigenvalue weighted by atomic mass is 9.97. The van der Waals surface area contributed by atoms with Crippen LogP contribution in [-0.4, -0.2) is 102 Å². The van der Waals surface area contributed by atoms with E-state index in [4.69, 9.17) is 28.4 Å². The molecule has 2 heterocycles. The number of hydrogen-bond acceptors (Lipinski definition) is 8. The molecule has 0 unspecified atom stereocenters. The van der Waals surface area contributed by atoms with Crippen LogP contribution in [0.2, 0.25) is 0 Å². The maximum absolute atomic E-state index is 12.7. The maximum atomic E-state index is 12.7. The zero-order chi connectivity index (χ0) is 31.5. The molecular formula is C36H69NO7. The fourth-order valence-electron chi connectivity index (χ4n) is 6.06. The van der Waals surface area contributed by atoms with Crippen LogP contribution in [0, 0.1) is 5.92 Å². The van der Waals surface area contributed by atoms with Gasteiger partial charge in [-0.3, -0.25) is 4.79 Å². The van der Waals surface area contributed by atoms with E-state index in [2.05, 4.69) is 25.8 Å². The Balaban J connectivity index is 1.63. The van der Waals surface area contributed by atoms with Crippen molar-refractivity contribution in [1.82, 2.24) is 4.90 Å². The van der Waals surface area contributed by atoms with E-state index in [9.17, 15) is 4.79 Å². The molecule has 3 atom stereocenters. The lowest BCUT2D eigenvalue weighted by molar-refractivity contribution is -0.156. The highest BCUT2D eigenvalue weighted by Crippen LogP contribution is 2.23. The number of nitrogens with zero attached hydrogens (tertiary/aromatic N) is 1. The monoisotopic (exact) mass is 628 g/mol. The van der Waals surface area contributed by atoms with Crippen molar-refractivity contribution in [1.29, 1.82) is 0 Å². The van der Waals surface area contributed by atoms with Gasteiger partial charge in [0.15, 0.2) is 0 Å². The Labute approximate surface area is 270 Å². The molecule has 260 valence electrons. The van der Waals surface area contributed by atoms with Gasteiger partial charge in [0.2, 0.25) is 0 Å². The number of carbonyl (C=O) groups is 1. The Morgan fingerprint density at radius 1 is 0.659 bits per heavy atom. The first-order chi connectivity index (χ1) is 21.7. The summed E-state index contributed by atoms with van der Waals surface area (Å²) in [5.74, 6) is -0.144.